The van der Waals surface area contributed by atoms with Crippen molar-refractivity contribution in [3.63, 3.8) is 0 Å². The molecule has 1 aromatic heterocycles. The average Bonchev–Trinajstić information content (AvgIpc) is 2.72. The summed E-state index contributed by atoms with van der Waals surface area (Å²) >= 11 is 0. The molecule has 0 atom stereocenters. The number of aromatic nitrogens is 1. The highest BCUT2D eigenvalue weighted by atomic mass is 16.6. The minimum absolute atomic E-state index is 0.0334. The van der Waals surface area contributed by atoms with E-state index in [2.05, 4.69) is 4.74 Å². The average molecular weight is 234 g/mol. The van der Waals surface area contributed by atoms with E-state index in [1.165, 1.54) is 13.2 Å². The minimum atomic E-state index is -0.440. The smallest absolute Gasteiger partial charge is 0.325 e. The van der Waals surface area contributed by atoms with Gasteiger partial charge in [0.25, 0.3) is 5.69 Å². The normalized spacial score (nSPS) is 10.4. The third-order valence-electron chi connectivity index (χ3n) is 2.51. The van der Waals surface area contributed by atoms with E-state index < -0.39 is 10.9 Å². The lowest BCUT2D eigenvalue weighted by atomic mass is 10.2. The van der Waals surface area contributed by atoms with Gasteiger partial charge in [-0.2, -0.15) is 0 Å². The third-order valence-corrected chi connectivity index (χ3v) is 2.51. The van der Waals surface area contributed by atoms with Crippen LogP contribution in [0.4, 0.5) is 5.69 Å². The second kappa shape index (κ2) is 4.25. The fourth-order valence-corrected chi connectivity index (χ4v) is 1.71. The Morgan fingerprint density at radius 3 is 2.88 bits per heavy atom. The summed E-state index contributed by atoms with van der Waals surface area (Å²) in [6, 6.07) is 6.38. The number of non-ortho nitro benzene ring substituents is 1. The Morgan fingerprint density at radius 2 is 2.24 bits per heavy atom. The van der Waals surface area contributed by atoms with Gasteiger partial charge in [0.05, 0.1) is 22.9 Å². The number of fused-ring (bicyclic) bond motifs is 1. The number of benzene rings is 1. The van der Waals surface area contributed by atoms with Gasteiger partial charge in [-0.1, -0.05) is 6.07 Å². The van der Waals surface area contributed by atoms with E-state index in [1.807, 2.05) is 0 Å². The molecule has 6 heteroatoms. The lowest BCUT2D eigenvalue weighted by molar-refractivity contribution is -0.383. The van der Waals surface area contributed by atoms with Crippen LogP contribution in [0, 0.1) is 10.1 Å². The Bertz CT molecular complexity index is 588. The van der Waals surface area contributed by atoms with Crippen molar-refractivity contribution < 1.29 is 14.5 Å². The third kappa shape index (κ3) is 1.96. The number of carbonyl (C=O) groups excluding carboxylic acids is 1. The van der Waals surface area contributed by atoms with Gasteiger partial charge in [0.1, 0.15) is 6.54 Å². The number of esters is 1. The Kier molecular flexibility index (Phi) is 2.78. The summed E-state index contributed by atoms with van der Waals surface area (Å²) < 4.78 is 6.18. The molecule has 88 valence electrons. The summed E-state index contributed by atoms with van der Waals surface area (Å²) in [4.78, 5) is 21.5. The molecule has 0 saturated carbocycles. The number of hydrogen-bond acceptors (Lipinski definition) is 4. The molecule has 1 aromatic carbocycles. The van der Waals surface area contributed by atoms with Crippen LogP contribution >= 0.6 is 0 Å². The monoisotopic (exact) mass is 234 g/mol. The molecular weight excluding hydrogens is 224 g/mol. The molecule has 0 fully saturated rings. The van der Waals surface area contributed by atoms with Gasteiger partial charge >= 0.3 is 5.97 Å². The van der Waals surface area contributed by atoms with E-state index in [0.717, 1.165) is 0 Å². The molecule has 0 aliphatic rings. The first kappa shape index (κ1) is 11.1. The number of ether oxygens (including phenoxy) is 1. The van der Waals surface area contributed by atoms with Crippen LogP contribution in [0.3, 0.4) is 0 Å². The Balaban J connectivity index is 2.51. The first-order chi connectivity index (χ1) is 8.13. The van der Waals surface area contributed by atoms with E-state index in [-0.39, 0.29) is 12.2 Å². The summed E-state index contributed by atoms with van der Waals surface area (Å²) in [7, 11) is 1.30. The van der Waals surface area contributed by atoms with Crippen molar-refractivity contribution in [2.45, 2.75) is 6.54 Å². The highest BCUT2D eigenvalue weighted by Gasteiger charge is 2.14. The predicted molar refractivity (Wildman–Crippen MR) is 60.6 cm³/mol. The van der Waals surface area contributed by atoms with E-state index >= 15 is 0 Å². The van der Waals surface area contributed by atoms with Crippen molar-refractivity contribution in [3.05, 3.63) is 40.6 Å². The maximum atomic E-state index is 11.2. The highest BCUT2D eigenvalue weighted by molar-refractivity contribution is 5.89. The fourth-order valence-electron chi connectivity index (χ4n) is 1.71. The zero-order valence-electron chi connectivity index (χ0n) is 9.12. The van der Waals surface area contributed by atoms with Crippen LogP contribution in [0.15, 0.2) is 30.5 Å². The van der Waals surface area contributed by atoms with Crippen molar-refractivity contribution >= 4 is 22.6 Å². The number of methoxy groups -OCH3 is 1. The molecule has 0 aliphatic carbocycles. The Morgan fingerprint density at radius 1 is 1.47 bits per heavy atom. The Labute approximate surface area is 96.6 Å². The van der Waals surface area contributed by atoms with Gasteiger partial charge in [0.15, 0.2) is 0 Å². The lowest BCUT2D eigenvalue weighted by Crippen LogP contribution is -2.10. The number of rotatable bonds is 3. The predicted octanol–water partition coefficient (Wildman–Crippen LogP) is 1.72. The summed E-state index contributed by atoms with van der Waals surface area (Å²) in [5.74, 6) is -0.394. The quantitative estimate of drug-likeness (QED) is 0.460. The molecule has 6 nitrogen and oxygen atoms in total. The van der Waals surface area contributed by atoms with Gasteiger partial charge in [0, 0.05) is 12.3 Å². The topological polar surface area (TPSA) is 74.4 Å². The molecular formula is C11H10N2O4. The van der Waals surface area contributed by atoms with Gasteiger partial charge in [-0.05, 0) is 12.1 Å². The van der Waals surface area contributed by atoms with E-state index in [1.54, 1.807) is 29.0 Å². The van der Waals surface area contributed by atoms with Crippen LogP contribution in [-0.4, -0.2) is 22.6 Å². The highest BCUT2D eigenvalue weighted by Crippen LogP contribution is 2.26. The van der Waals surface area contributed by atoms with Crippen molar-refractivity contribution in [3.8, 4) is 0 Å². The molecule has 0 radical (unpaired) electrons. The molecule has 17 heavy (non-hydrogen) atoms. The molecule has 0 spiro atoms. The summed E-state index contributed by atoms with van der Waals surface area (Å²) in [5.41, 5.74) is 0.677. The van der Waals surface area contributed by atoms with Crippen molar-refractivity contribution in [1.29, 1.82) is 0 Å². The Hall–Kier alpha value is -2.37. The van der Waals surface area contributed by atoms with Crippen molar-refractivity contribution in [2.24, 2.45) is 0 Å². The number of nitrogens with zero attached hydrogens (tertiary/aromatic N) is 2. The van der Waals surface area contributed by atoms with Crippen LogP contribution in [0.5, 0.6) is 0 Å². The van der Waals surface area contributed by atoms with Crippen molar-refractivity contribution in [1.82, 2.24) is 4.57 Å². The van der Waals surface area contributed by atoms with E-state index in [0.29, 0.717) is 10.9 Å². The summed E-state index contributed by atoms with van der Waals surface area (Å²) in [6.07, 6.45) is 1.63. The molecule has 1 heterocycles. The maximum Gasteiger partial charge on any atom is 0.325 e. The zero-order chi connectivity index (χ0) is 12.4. The maximum absolute atomic E-state index is 11.2. The molecule has 2 rings (SSSR count). The van der Waals surface area contributed by atoms with E-state index in [9.17, 15) is 14.9 Å². The fraction of sp³-hybridized carbons (Fsp3) is 0.182. The van der Waals surface area contributed by atoms with Crippen molar-refractivity contribution in [2.75, 3.05) is 7.11 Å². The molecule has 0 aliphatic heterocycles. The summed E-state index contributed by atoms with van der Waals surface area (Å²) in [5, 5.41) is 11.3. The molecule has 2 aromatic rings. The molecule has 0 bridgehead atoms. The second-order valence-corrected chi connectivity index (χ2v) is 3.49. The molecule has 0 amide bonds. The molecule has 0 saturated heterocycles. The first-order valence-corrected chi connectivity index (χ1v) is 4.92. The standard InChI is InChI=1S/C11H10N2O4/c1-17-11(14)7-12-6-5-8-9(12)3-2-4-10(8)13(15)16/h2-6H,7H2,1H3. The van der Waals surface area contributed by atoms with E-state index in [4.69, 9.17) is 0 Å². The van der Waals surface area contributed by atoms with Crippen LogP contribution < -0.4 is 0 Å². The number of hydrogen-bond donors (Lipinski definition) is 0. The largest absolute Gasteiger partial charge is 0.468 e. The first-order valence-electron chi connectivity index (χ1n) is 4.92. The van der Waals surface area contributed by atoms with Gasteiger partial charge in [-0.3, -0.25) is 14.9 Å². The van der Waals surface area contributed by atoms with Gasteiger partial charge in [0.2, 0.25) is 0 Å². The SMILES string of the molecule is COC(=O)Cn1ccc2c([N+](=O)[O-])cccc21. The van der Waals surface area contributed by atoms with Gasteiger partial charge < -0.3 is 9.30 Å². The minimum Gasteiger partial charge on any atom is -0.468 e. The summed E-state index contributed by atoms with van der Waals surface area (Å²) in [6.45, 7) is 0.0428. The molecule has 0 unspecified atom stereocenters. The second-order valence-electron chi connectivity index (χ2n) is 3.49. The van der Waals surface area contributed by atoms with Crippen LogP contribution in [0.2, 0.25) is 0 Å². The van der Waals surface area contributed by atoms with Crippen LogP contribution in [0.25, 0.3) is 10.9 Å². The number of nitro benzene ring substituents is 1. The van der Waals surface area contributed by atoms with Gasteiger partial charge in [-0.25, -0.2) is 0 Å². The molecule has 0 N–H and O–H groups in total. The zero-order valence-corrected chi connectivity index (χ0v) is 9.12. The van der Waals surface area contributed by atoms with Crippen LogP contribution in [0.1, 0.15) is 0 Å². The number of nitro groups is 1. The van der Waals surface area contributed by atoms with Crippen LogP contribution in [-0.2, 0) is 16.1 Å². The van der Waals surface area contributed by atoms with Gasteiger partial charge in [-0.15, -0.1) is 0 Å². The number of carbonyl (C=O) groups is 1. The lowest BCUT2D eigenvalue weighted by Gasteiger charge is -2.03.